The van der Waals surface area contributed by atoms with Gasteiger partial charge in [-0.15, -0.1) is 0 Å². The minimum absolute atomic E-state index is 0.0502. The van der Waals surface area contributed by atoms with Gasteiger partial charge in [0.05, 0.1) is 23.1 Å². The highest BCUT2D eigenvalue weighted by Gasteiger charge is 2.23. The summed E-state index contributed by atoms with van der Waals surface area (Å²) < 4.78 is 25.7. The average Bonchev–Trinajstić information content (AvgIpc) is 2.37. The zero-order chi connectivity index (χ0) is 16.2. The summed E-state index contributed by atoms with van der Waals surface area (Å²) in [5.41, 5.74) is 1.01. The number of nitrogens with zero attached hydrogens (tertiary/aromatic N) is 2. The highest BCUT2D eigenvalue weighted by atomic mass is 32.2. The van der Waals surface area contributed by atoms with Crippen molar-refractivity contribution in [1.82, 2.24) is 9.62 Å². The molecule has 0 fully saturated rings. The minimum Gasteiger partial charge on any atom is -0.353 e. The van der Waals surface area contributed by atoms with E-state index in [-0.39, 0.29) is 23.4 Å². The molecule has 0 spiro atoms. The topological polar surface area (TPSA) is 90.3 Å². The molecular weight excluding hydrogens is 290 g/mol. The lowest BCUT2D eigenvalue weighted by Crippen LogP contribution is -2.40. The molecule has 0 aliphatic rings. The van der Waals surface area contributed by atoms with Crippen molar-refractivity contribution in [2.45, 2.75) is 31.7 Å². The van der Waals surface area contributed by atoms with Gasteiger partial charge in [0, 0.05) is 13.1 Å². The molecule has 0 atom stereocenters. The highest BCUT2D eigenvalue weighted by Crippen LogP contribution is 2.18. The third kappa shape index (κ3) is 4.28. The normalized spacial score (nSPS) is 11.5. The highest BCUT2D eigenvalue weighted by molar-refractivity contribution is 7.89. The Morgan fingerprint density at radius 1 is 1.43 bits per heavy atom. The number of rotatable bonds is 5. The third-order valence-corrected chi connectivity index (χ3v) is 4.64. The van der Waals surface area contributed by atoms with Crippen molar-refractivity contribution >= 4 is 15.9 Å². The maximum Gasteiger partial charge on any atom is 0.243 e. The number of carbonyl (C=O) groups excluding carboxylic acids is 1. The predicted octanol–water partition coefficient (Wildman–Crippen LogP) is 1.01. The summed E-state index contributed by atoms with van der Waals surface area (Å²) in [5, 5.41) is 11.5. The zero-order valence-corrected chi connectivity index (χ0v) is 13.4. The molecule has 0 aromatic heterocycles. The van der Waals surface area contributed by atoms with Crippen LogP contribution in [0.2, 0.25) is 0 Å². The summed E-state index contributed by atoms with van der Waals surface area (Å²) >= 11 is 0. The van der Waals surface area contributed by atoms with Gasteiger partial charge in [-0.3, -0.25) is 4.79 Å². The maximum atomic E-state index is 12.4. The summed E-state index contributed by atoms with van der Waals surface area (Å²) in [5.74, 6) is -0.360. The van der Waals surface area contributed by atoms with Crippen LogP contribution in [0.15, 0.2) is 23.1 Å². The molecule has 114 valence electrons. The Balaban J connectivity index is 2.98. The number of hydrogen-bond acceptors (Lipinski definition) is 4. The number of hydrogen-bond donors (Lipinski definition) is 1. The van der Waals surface area contributed by atoms with E-state index in [0.29, 0.717) is 11.1 Å². The quantitative estimate of drug-likeness (QED) is 0.879. The first-order valence-electron chi connectivity index (χ1n) is 6.45. The van der Waals surface area contributed by atoms with E-state index in [0.717, 1.165) is 4.31 Å². The third-order valence-electron chi connectivity index (χ3n) is 2.84. The van der Waals surface area contributed by atoms with Crippen LogP contribution in [0.1, 0.15) is 25.0 Å². The van der Waals surface area contributed by atoms with Gasteiger partial charge in [-0.1, -0.05) is 0 Å². The molecule has 0 saturated carbocycles. The van der Waals surface area contributed by atoms with Gasteiger partial charge in [-0.05, 0) is 44.5 Å². The molecule has 0 saturated heterocycles. The van der Waals surface area contributed by atoms with E-state index in [1.54, 1.807) is 20.8 Å². The van der Waals surface area contributed by atoms with Crippen molar-refractivity contribution in [3.8, 4) is 6.07 Å². The van der Waals surface area contributed by atoms with Crippen molar-refractivity contribution < 1.29 is 13.2 Å². The van der Waals surface area contributed by atoms with E-state index < -0.39 is 10.0 Å². The Morgan fingerprint density at radius 3 is 2.52 bits per heavy atom. The van der Waals surface area contributed by atoms with Crippen LogP contribution in [0.4, 0.5) is 0 Å². The van der Waals surface area contributed by atoms with Crippen LogP contribution in [0.25, 0.3) is 0 Å². The fourth-order valence-corrected chi connectivity index (χ4v) is 2.97. The molecule has 6 nitrogen and oxygen atoms in total. The van der Waals surface area contributed by atoms with E-state index in [1.807, 2.05) is 6.07 Å². The number of amides is 1. The fraction of sp³-hybridized carbons (Fsp3) is 0.429. The van der Waals surface area contributed by atoms with Crippen LogP contribution >= 0.6 is 0 Å². The van der Waals surface area contributed by atoms with Crippen molar-refractivity contribution in [2.75, 3.05) is 13.6 Å². The Kier molecular flexibility index (Phi) is 5.47. The van der Waals surface area contributed by atoms with Gasteiger partial charge in [0.15, 0.2) is 0 Å². The van der Waals surface area contributed by atoms with E-state index in [4.69, 9.17) is 5.26 Å². The lowest BCUT2D eigenvalue weighted by Gasteiger charge is -2.18. The van der Waals surface area contributed by atoms with Gasteiger partial charge < -0.3 is 5.32 Å². The van der Waals surface area contributed by atoms with E-state index in [1.165, 1.54) is 25.2 Å². The predicted molar refractivity (Wildman–Crippen MR) is 79.0 cm³/mol. The lowest BCUT2D eigenvalue weighted by atomic mass is 10.1. The van der Waals surface area contributed by atoms with Gasteiger partial charge in [0.2, 0.25) is 15.9 Å². The Hall–Kier alpha value is -1.91. The van der Waals surface area contributed by atoms with Gasteiger partial charge in [0.25, 0.3) is 0 Å². The molecule has 0 aliphatic heterocycles. The smallest absolute Gasteiger partial charge is 0.243 e. The van der Waals surface area contributed by atoms with Crippen LogP contribution in [0.3, 0.4) is 0 Å². The van der Waals surface area contributed by atoms with Gasteiger partial charge in [-0.25, -0.2) is 8.42 Å². The molecule has 0 bridgehead atoms. The number of aryl methyl sites for hydroxylation is 1. The van der Waals surface area contributed by atoms with Crippen molar-refractivity contribution in [2.24, 2.45) is 0 Å². The second kappa shape index (κ2) is 6.70. The molecule has 1 N–H and O–H groups in total. The van der Waals surface area contributed by atoms with Gasteiger partial charge >= 0.3 is 0 Å². The van der Waals surface area contributed by atoms with Crippen LogP contribution in [0, 0.1) is 18.3 Å². The van der Waals surface area contributed by atoms with Crippen LogP contribution in [0.5, 0.6) is 0 Å². The van der Waals surface area contributed by atoms with E-state index in [2.05, 4.69) is 5.32 Å². The molecule has 0 radical (unpaired) electrons. The number of nitrogens with one attached hydrogen (secondary N) is 1. The first kappa shape index (κ1) is 17.1. The summed E-state index contributed by atoms with van der Waals surface area (Å²) in [6, 6.07) is 6.20. The second-order valence-electron chi connectivity index (χ2n) is 5.07. The Labute approximate surface area is 125 Å². The maximum absolute atomic E-state index is 12.4. The largest absolute Gasteiger partial charge is 0.353 e. The average molecular weight is 309 g/mol. The van der Waals surface area contributed by atoms with E-state index in [9.17, 15) is 13.2 Å². The molecule has 7 heteroatoms. The molecule has 1 aromatic rings. The van der Waals surface area contributed by atoms with E-state index >= 15 is 0 Å². The Bertz CT molecular complexity index is 675. The first-order valence-corrected chi connectivity index (χ1v) is 7.89. The standard InChI is InChI=1S/C14H19N3O3S/c1-10(2)16-14(18)9-17(4)21(19,20)13-6-5-12(8-15)11(3)7-13/h5-7,10H,9H2,1-4H3,(H,16,18). The number of benzene rings is 1. The zero-order valence-electron chi connectivity index (χ0n) is 12.5. The molecular formula is C14H19N3O3S. The molecule has 0 aliphatic carbocycles. The minimum atomic E-state index is -3.75. The lowest BCUT2D eigenvalue weighted by molar-refractivity contribution is -0.121. The van der Waals surface area contributed by atoms with Gasteiger partial charge in [0.1, 0.15) is 0 Å². The molecule has 1 aromatic carbocycles. The number of sulfonamides is 1. The molecule has 1 rings (SSSR count). The van der Waals surface area contributed by atoms with Crippen molar-refractivity contribution in [3.63, 3.8) is 0 Å². The van der Waals surface area contributed by atoms with Crippen LogP contribution < -0.4 is 5.32 Å². The fourth-order valence-electron chi connectivity index (χ4n) is 1.76. The van der Waals surface area contributed by atoms with Crippen molar-refractivity contribution in [3.05, 3.63) is 29.3 Å². The monoisotopic (exact) mass is 309 g/mol. The van der Waals surface area contributed by atoms with Crippen molar-refractivity contribution in [1.29, 1.82) is 5.26 Å². The van der Waals surface area contributed by atoms with Crippen LogP contribution in [-0.2, 0) is 14.8 Å². The summed E-state index contributed by atoms with van der Waals surface area (Å²) in [4.78, 5) is 11.7. The first-order chi connectivity index (χ1) is 9.68. The molecule has 0 unspecified atom stereocenters. The summed E-state index contributed by atoms with van der Waals surface area (Å²) in [7, 11) is -2.40. The molecule has 1 amide bonds. The second-order valence-corrected chi connectivity index (χ2v) is 7.12. The summed E-state index contributed by atoms with van der Waals surface area (Å²) in [6.07, 6.45) is 0. The number of nitriles is 1. The van der Waals surface area contributed by atoms with Gasteiger partial charge in [-0.2, -0.15) is 9.57 Å². The molecule has 0 heterocycles. The SMILES string of the molecule is Cc1cc(S(=O)(=O)N(C)CC(=O)NC(C)C)ccc1C#N. The number of carbonyl (C=O) groups is 1. The molecule has 21 heavy (non-hydrogen) atoms. The Morgan fingerprint density at radius 2 is 2.05 bits per heavy atom. The number of likely N-dealkylation sites (N-methyl/N-ethyl adjacent to an activating group) is 1. The summed E-state index contributed by atoms with van der Waals surface area (Å²) in [6.45, 7) is 5.02. The van der Waals surface area contributed by atoms with Crippen LogP contribution in [-0.4, -0.2) is 38.3 Å².